The van der Waals surface area contributed by atoms with Crippen molar-refractivity contribution in [2.24, 2.45) is 0 Å². The van der Waals surface area contributed by atoms with Crippen LogP contribution < -0.4 is 5.32 Å². The van der Waals surface area contributed by atoms with Crippen LogP contribution in [0.4, 0.5) is 8.78 Å². The Hall–Kier alpha value is -1.03. The number of alkyl halides is 1. The van der Waals surface area contributed by atoms with Crippen LogP contribution in [-0.2, 0) is 0 Å². The van der Waals surface area contributed by atoms with E-state index >= 15 is 0 Å². The molecule has 0 spiro atoms. The van der Waals surface area contributed by atoms with Gasteiger partial charge in [-0.15, -0.1) is 0 Å². The van der Waals surface area contributed by atoms with E-state index in [4.69, 9.17) is 0 Å². The van der Waals surface area contributed by atoms with Crippen molar-refractivity contribution in [3.63, 3.8) is 0 Å². The lowest BCUT2D eigenvalue weighted by atomic mass is 10.1. The zero-order valence-electron chi connectivity index (χ0n) is 7.00. The molecular weight excluding hydrogens is 174 g/mol. The van der Waals surface area contributed by atoms with Gasteiger partial charge in [0.2, 0.25) is 0 Å². The van der Waals surface area contributed by atoms with Crippen molar-refractivity contribution in [1.82, 2.24) is 10.3 Å². The molecule has 0 aromatic carbocycles. The molecule has 4 heteroatoms. The van der Waals surface area contributed by atoms with Crippen LogP contribution in [0, 0.1) is 5.82 Å². The van der Waals surface area contributed by atoms with E-state index in [9.17, 15) is 8.78 Å². The van der Waals surface area contributed by atoms with Gasteiger partial charge in [0.25, 0.3) is 0 Å². The largest absolute Gasteiger partial charge is 0.307 e. The van der Waals surface area contributed by atoms with Crippen LogP contribution in [0.1, 0.15) is 18.0 Å². The lowest BCUT2D eigenvalue weighted by Crippen LogP contribution is -2.14. The number of hydrogen-bond donors (Lipinski definition) is 1. The first-order valence-electron chi connectivity index (χ1n) is 4.23. The average molecular weight is 184 g/mol. The van der Waals surface area contributed by atoms with Gasteiger partial charge < -0.3 is 5.32 Å². The molecule has 1 aliphatic rings. The summed E-state index contributed by atoms with van der Waals surface area (Å²) in [6.45, 7) is 0.348. The van der Waals surface area contributed by atoms with Gasteiger partial charge in [-0.3, -0.25) is 4.98 Å². The Morgan fingerprint density at radius 2 is 2.31 bits per heavy atom. The Bertz CT molecular complexity index is 303. The first-order chi connectivity index (χ1) is 6.25. The molecule has 1 aromatic rings. The third-order valence-corrected chi connectivity index (χ3v) is 2.21. The van der Waals surface area contributed by atoms with Crippen molar-refractivity contribution < 1.29 is 8.78 Å². The van der Waals surface area contributed by atoms with Crippen molar-refractivity contribution in [2.75, 3.05) is 6.54 Å². The average Bonchev–Trinajstić information content (AvgIpc) is 2.52. The second-order valence-corrected chi connectivity index (χ2v) is 3.23. The van der Waals surface area contributed by atoms with Crippen LogP contribution in [0.2, 0.25) is 0 Å². The highest BCUT2D eigenvalue weighted by Crippen LogP contribution is 2.24. The molecule has 0 radical (unpaired) electrons. The lowest BCUT2D eigenvalue weighted by molar-refractivity contribution is 0.356. The number of pyridine rings is 1. The van der Waals surface area contributed by atoms with E-state index in [-0.39, 0.29) is 11.9 Å². The second kappa shape index (κ2) is 3.38. The summed E-state index contributed by atoms with van der Waals surface area (Å²) < 4.78 is 25.5. The quantitative estimate of drug-likeness (QED) is 0.717. The molecule has 2 rings (SSSR count). The summed E-state index contributed by atoms with van der Waals surface area (Å²) in [5, 5.41) is 2.97. The van der Waals surface area contributed by atoms with Gasteiger partial charge in [0, 0.05) is 18.8 Å². The maximum absolute atomic E-state index is 12.8. The van der Waals surface area contributed by atoms with Gasteiger partial charge in [0.1, 0.15) is 12.0 Å². The number of nitrogens with zero attached hydrogens (tertiary/aromatic N) is 1. The molecule has 1 aromatic heterocycles. The van der Waals surface area contributed by atoms with Crippen molar-refractivity contribution in [3.05, 3.63) is 29.8 Å². The minimum Gasteiger partial charge on any atom is -0.307 e. The summed E-state index contributed by atoms with van der Waals surface area (Å²) in [5.41, 5.74) is 0.722. The maximum Gasteiger partial charge on any atom is 0.141 e. The molecule has 0 aliphatic carbocycles. The summed E-state index contributed by atoms with van der Waals surface area (Å²) in [5.74, 6) is -0.374. The van der Waals surface area contributed by atoms with Gasteiger partial charge >= 0.3 is 0 Å². The molecule has 2 heterocycles. The first-order valence-corrected chi connectivity index (χ1v) is 4.23. The van der Waals surface area contributed by atoms with Crippen molar-refractivity contribution in [1.29, 1.82) is 0 Å². The van der Waals surface area contributed by atoms with Gasteiger partial charge in [-0.25, -0.2) is 8.78 Å². The fourth-order valence-corrected chi connectivity index (χ4v) is 1.57. The zero-order valence-corrected chi connectivity index (χ0v) is 7.00. The summed E-state index contributed by atoms with van der Waals surface area (Å²) in [6.07, 6.45) is 2.29. The highest BCUT2D eigenvalue weighted by Gasteiger charge is 2.24. The van der Waals surface area contributed by atoms with E-state index in [2.05, 4.69) is 10.3 Å². The highest BCUT2D eigenvalue weighted by atomic mass is 19.1. The van der Waals surface area contributed by atoms with Gasteiger partial charge in [-0.1, -0.05) is 0 Å². The SMILES string of the molecule is Fc1cncc([C@@H]2C[C@H](F)CN2)c1. The van der Waals surface area contributed by atoms with Crippen LogP contribution in [-0.4, -0.2) is 17.7 Å². The number of rotatable bonds is 1. The van der Waals surface area contributed by atoms with Gasteiger partial charge in [0.15, 0.2) is 0 Å². The molecular formula is C9H10F2N2. The molecule has 70 valence electrons. The summed E-state index contributed by atoms with van der Waals surface area (Å²) >= 11 is 0. The number of aromatic nitrogens is 1. The molecule has 0 amide bonds. The topological polar surface area (TPSA) is 24.9 Å². The molecule has 0 saturated carbocycles. The standard InChI is InChI=1S/C9H10F2N2/c10-7-1-6(3-12-4-7)9-2-8(11)5-13-9/h1,3-4,8-9,13H,2,5H2/t8-,9-/m0/s1. The first kappa shape index (κ1) is 8.56. The molecule has 2 nitrogen and oxygen atoms in total. The van der Waals surface area contributed by atoms with E-state index in [1.54, 1.807) is 6.20 Å². The Balaban J connectivity index is 2.16. The minimum atomic E-state index is -0.826. The fourth-order valence-electron chi connectivity index (χ4n) is 1.57. The number of hydrogen-bond acceptors (Lipinski definition) is 2. The van der Waals surface area contributed by atoms with E-state index in [1.807, 2.05) is 0 Å². The van der Waals surface area contributed by atoms with Crippen molar-refractivity contribution in [2.45, 2.75) is 18.6 Å². The smallest absolute Gasteiger partial charge is 0.141 e. The fraction of sp³-hybridized carbons (Fsp3) is 0.444. The molecule has 1 fully saturated rings. The van der Waals surface area contributed by atoms with Crippen LogP contribution >= 0.6 is 0 Å². The molecule has 2 atom stereocenters. The molecule has 1 N–H and O–H groups in total. The molecule has 13 heavy (non-hydrogen) atoms. The van der Waals surface area contributed by atoms with Gasteiger partial charge in [0.05, 0.1) is 6.20 Å². The van der Waals surface area contributed by atoms with E-state index in [1.165, 1.54) is 6.07 Å². The monoisotopic (exact) mass is 184 g/mol. The third kappa shape index (κ3) is 1.83. The third-order valence-electron chi connectivity index (χ3n) is 2.21. The maximum atomic E-state index is 12.8. The van der Waals surface area contributed by atoms with Crippen LogP contribution in [0.3, 0.4) is 0 Å². The molecule has 1 aliphatic heterocycles. The lowest BCUT2D eigenvalue weighted by Gasteiger charge is -2.08. The van der Waals surface area contributed by atoms with Crippen molar-refractivity contribution in [3.8, 4) is 0 Å². The zero-order chi connectivity index (χ0) is 9.26. The Morgan fingerprint density at radius 3 is 2.92 bits per heavy atom. The summed E-state index contributed by atoms with van der Waals surface area (Å²) in [6, 6.07) is 1.31. The number of halogens is 2. The Labute approximate surface area is 75.0 Å². The van der Waals surface area contributed by atoms with Crippen molar-refractivity contribution >= 4 is 0 Å². The summed E-state index contributed by atoms with van der Waals surface area (Å²) in [7, 11) is 0. The molecule has 0 bridgehead atoms. The molecule has 0 unspecified atom stereocenters. The second-order valence-electron chi connectivity index (χ2n) is 3.23. The van der Waals surface area contributed by atoms with E-state index in [0.29, 0.717) is 13.0 Å². The van der Waals surface area contributed by atoms with Crippen LogP contribution in [0.15, 0.2) is 18.5 Å². The minimum absolute atomic E-state index is 0.0850. The normalized spacial score (nSPS) is 27.8. The van der Waals surface area contributed by atoms with Crippen LogP contribution in [0.25, 0.3) is 0 Å². The Kier molecular flexibility index (Phi) is 2.22. The predicted molar refractivity (Wildman–Crippen MR) is 44.5 cm³/mol. The van der Waals surface area contributed by atoms with Crippen LogP contribution in [0.5, 0.6) is 0 Å². The summed E-state index contributed by atoms with van der Waals surface area (Å²) in [4.78, 5) is 3.72. The number of nitrogens with one attached hydrogen (secondary N) is 1. The van der Waals surface area contributed by atoms with Gasteiger partial charge in [-0.05, 0) is 18.1 Å². The van der Waals surface area contributed by atoms with E-state index < -0.39 is 6.17 Å². The van der Waals surface area contributed by atoms with Gasteiger partial charge in [-0.2, -0.15) is 0 Å². The molecule has 1 saturated heterocycles. The highest BCUT2D eigenvalue weighted by molar-refractivity contribution is 5.16. The van der Waals surface area contributed by atoms with E-state index in [0.717, 1.165) is 11.8 Å². The predicted octanol–water partition coefficient (Wildman–Crippen LogP) is 1.59. The Morgan fingerprint density at radius 1 is 1.46 bits per heavy atom.